The third-order valence-electron chi connectivity index (χ3n) is 3.64. The third kappa shape index (κ3) is 8.02. The number of rotatable bonds is 8. The lowest BCUT2D eigenvalue weighted by Crippen LogP contribution is -2.24. The van der Waals surface area contributed by atoms with Crippen molar-refractivity contribution in [1.82, 2.24) is 0 Å². The molecule has 0 N–H and O–H groups in total. The molecule has 0 saturated carbocycles. The topological polar surface area (TPSA) is 43.4 Å². The lowest BCUT2D eigenvalue weighted by molar-refractivity contribution is -0.165. The Hall–Kier alpha value is -0.860. The van der Waals surface area contributed by atoms with Gasteiger partial charge in [0.15, 0.2) is 0 Å². The van der Waals surface area contributed by atoms with Crippen LogP contribution in [-0.2, 0) is 14.3 Å². The van der Waals surface area contributed by atoms with Crippen LogP contribution in [0.5, 0.6) is 0 Å². The van der Waals surface area contributed by atoms with Gasteiger partial charge in [-0.25, -0.2) is 0 Å². The molecule has 0 bridgehead atoms. The predicted molar refractivity (Wildman–Crippen MR) is 77.6 cm³/mol. The van der Waals surface area contributed by atoms with Crippen LogP contribution in [0.3, 0.4) is 0 Å². The van der Waals surface area contributed by atoms with Crippen LogP contribution in [0.15, 0.2) is 0 Å². The summed E-state index contributed by atoms with van der Waals surface area (Å²) in [7, 11) is 0. The van der Waals surface area contributed by atoms with E-state index in [1.165, 1.54) is 0 Å². The summed E-state index contributed by atoms with van der Waals surface area (Å²) in [4.78, 5) is 23.6. The molecule has 0 saturated heterocycles. The largest absolute Gasteiger partial charge is 0.393 e. The molecule has 3 atom stereocenters. The van der Waals surface area contributed by atoms with Gasteiger partial charge < -0.3 is 4.74 Å². The van der Waals surface area contributed by atoms with E-state index < -0.39 is 0 Å². The Kier molecular flexibility index (Phi) is 8.70. The molecule has 0 aromatic carbocycles. The number of ether oxygens (including phenoxy) is 1. The van der Waals surface area contributed by atoms with E-state index >= 15 is 0 Å². The van der Waals surface area contributed by atoms with Crippen LogP contribution in [0.1, 0.15) is 67.2 Å². The highest BCUT2D eigenvalue weighted by molar-refractivity contribution is 5.87. The first kappa shape index (κ1) is 18.1. The maximum absolute atomic E-state index is 11.8. The molecule has 3 nitrogen and oxygen atoms in total. The average Bonchev–Trinajstić information content (AvgIpc) is 2.35. The van der Waals surface area contributed by atoms with E-state index in [1.807, 2.05) is 13.8 Å². The van der Waals surface area contributed by atoms with Crippen molar-refractivity contribution in [3.8, 4) is 0 Å². The number of hydrogen-bond acceptors (Lipinski definition) is 3. The minimum atomic E-state index is -0.373. The van der Waals surface area contributed by atoms with Gasteiger partial charge in [0.1, 0.15) is 0 Å². The highest BCUT2D eigenvalue weighted by Crippen LogP contribution is 2.18. The van der Waals surface area contributed by atoms with Crippen LogP contribution in [0, 0.1) is 23.7 Å². The van der Waals surface area contributed by atoms with Crippen LogP contribution in [0.25, 0.3) is 0 Å². The SMILES string of the molecule is CCC(C)CC(C)C(=O)OC(=O)C(C)CCC(C)C. The monoisotopic (exact) mass is 270 g/mol. The minimum absolute atomic E-state index is 0.192. The van der Waals surface area contributed by atoms with Crippen LogP contribution < -0.4 is 0 Å². The van der Waals surface area contributed by atoms with Crippen LogP contribution in [-0.4, -0.2) is 11.9 Å². The first-order valence-electron chi connectivity index (χ1n) is 7.53. The Morgan fingerprint density at radius 1 is 0.895 bits per heavy atom. The van der Waals surface area contributed by atoms with Crippen molar-refractivity contribution in [3.63, 3.8) is 0 Å². The fourth-order valence-corrected chi connectivity index (χ4v) is 1.87. The number of hydrogen-bond donors (Lipinski definition) is 0. The Morgan fingerprint density at radius 2 is 1.42 bits per heavy atom. The van der Waals surface area contributed by atoms with E-state index in [0.717, 1.165) is 25.7 Å². The molecule has 0 aliphatic heterocycles. The average molecular weight is 270 g/mol. The fraction of sp³-hybridized carbons (Fsp3) is 0.875. The Labute approximate surface area is 118 Å². The highest BCUT2D eigenvalue weighted by atomic mass is 16.6. The molecule has 0 amide bonds. The lowest BCUT2D eigenvalue weighted by atomic mass is 9.95. The van der Waals surface area contributed by atoms with E-state index in [1.54, 1.807) is 0 Å². The van der Waals surface area contributed by atoms with E-state index in [0.29, 0.717) is 11.8 Å². The highest BCUT2D eigenvalue weighted by Gasteiger charge is 2.23. The van der Waals surface area contributed by atoms with Crippen molar-refractivity contribution in [2.45, 2.75) is 67.2 Å². The lowest BCUT2D eigenvalue weighted by Gasteiger charge is -2.16. The van der Waals surface area contributed by atoms with E-state index in [2.05, 4.69) is 27.7 Å². The smallest absolute Gasteiger partial charge is 0.316 e. The molecule has 0 aromatic rings. The number of esters is 2. The Balaban J connectivity index is 4.13. The molecule has 3 heteroatoms. The van der Waals surface area contributed by atoms with Crippen molar-refractivity contribution in [2.24, 2.45) is 23.7 Å². The van der Waals surface area contributed by atoms with Crippen molar-refractivity contribution < 1.29 is 14.3 Å². The van der Waals surface area contributed by atoms with Gasteiger partial charge in [-0.05, 0) is 24.7 Å². The maximum atomic E-state index is 11.8. The van der Waals surface area contributed by atoms with E-state index in [9.17, 15) is 9.59 Å². The summed E-state index contributed by atoms with van der Waals surface area (Å²) in [6.07, 6.45) is 3.58. The van der Waals surface area contributed by atoms with Gasteiger partial charge >= 0.3 is 11.9 Å². The fourth-order valence-electron chi connectivity index (χ4n) is 1.87. The van der Waals surface area contributed by atoms with Gasteiger partial charge in [-0.1, -0.05) is 54.4 Å². The summed E-state index contributed by atoms with van der Waals surface area (Å²) >= 11 is 0. The molecule has 0 fully saturated rings. The van der Waals surface area contributed by atoms with Crippen LogP contribution in [0.4, 0.5) is 0 Å². The summed E-state index contributed by atoms with van der Waals surface area (Å²) in [5.41, 5.74) is 0. The zero-order chi connectivity index (χ0) is 15.0. The molecule has 0 aromatic heterocycles. The zero-order valence-corrected chi connectivity index (χ0v) is 13.4. The van der Waals surface area contributed by atoms with Gasteiger partial charge in [0, 0.05) is 0 Å². The van der Waals surface area contributed by atoms with Gasteiger partial charge in [-0.2, -0.15) is 0 Å². The molecular formula is C16H30O3. The molecule has 0 aliphatic rings. The van der Waals surface area contributed by atoms with Crippen molar-refractivity contribution in [1.29, 1.82) is 0 Å². The normalized spacial score (nSPS) is 15.9. The summed E-state index contributed by atoms with van der Waals surface area (Å²) < 4.78 is 4.97. The molecule has 0 radical (unpaired) electrons. The molecule has 0 aliphatic carbocycles. The quantitative estimate of drug-likeness (QED) is 0.490. The Morgan fingerprint density at radius 3 is 1.89 bits per heavy atom. The Bertz CT molecular complexity index is 284. The third-order valence-corrected chi connectivity index (χ3v) is 3.64. The molecule has 112 valence electrons. The summed E-state index contributed by atoms with van der Waals surface area (Å²) in [5.74, 6) is -0.0898. The molecule has 0 spiro atoms. The summed E-state index contributed by atoms with van der Waals surface area (Å²) in [5, 5.41) is 0. The van der Waals surface area contributed by atoms with Gasteiger partial charge in [-0.15, -0.1) is 0 Å². The number of carbonyl (C=O) groups is 2. The van der Waals surface area contributed by atoms with Crippen LogP contribution in [0.2, 0.25) is 0 Å². The van der Waals surface area contributed by atoms with E-state index in [4.69, 9.17) is 4.74 Å². The van der Waals surface area contributed by atoms with Crippen LogP contribution >= 0.6 is 0 Å². The van der Waals surface area contributed by atoms with E-state index in [-0.39, 0.29) is 23.8 Å². The zero-order valence-electron chi connectivity index (χ0n) is 13.4. The predicted octanol–water partition coefficient (Wildman–Crippen LogP) is 4.20. The molecule has 0 rings (SSSR count). The first-order chi connectivity index (χ1) is 8.77. The molecule has 0 heterocycles. The molecular weight excluding hydrogens is 240 g/mol. The van der Waals surface area contributed by atoms with Gasteiger partial charge in [-0.3, -0.25) is 9.59 Å². The van der Waals surface area contributed by atoms with Gasteiger partial charge in [0.05, 0.1) is 11.8 Å². The van der Waals surface area contributed by atoms with Gasteiger partial charge in [0.2, 0.25) is 0 Å². The van der Waals surface area contributed by atoms with Crippen molar-refractivity contribution in [3.05, 3.63) is 0 Å². The standard InChI is InChI=1S/C16H30O3/c1-7-12(4)10-14(6)16(18)19-15(17)13(5)9-8-11(2)3/h11-14H,7-10H2,1-6H3. The van der Waals surface area contributed by atoms with Crippen molar-refractivity contribution >= 4 is 11.9 Å². The van der Waals surface area contributed by atoms with Gasteiger partial charge in [0.25, 0.3) is 0 Å². The minimum Gasteiger partial charge on any atom is -0.393 e. The molecule has 19 heavy (non-hydrogen) atoms. The van der Waals surface area contributed by atoms with Crippen molar-refractivity contribution in [2.75, 3.05) is 0 Å². The second kappa shape index (κ2) is 9.11. The first-order valence-corrected chi connectivity index (χ1v) is 7.53. The maximum Gasteiger partial charge on any atom is 0.316 e. The summed E-state index contributed by atoms with van der Waals surface area (Å²) in [6, 6.07) is 0. The summed E-state index contributed by atoms with van der Waals surface area (Å²) in [6.45, 7) is 12.1. The second-order valence-electron chi connectivity index (χ2n) is 6.26. The molecule has 3 unspecified atom stereocenters. The number of carbonyl (C=O) groups excluding carboxylic acids is 2. The second-order valence-corrected chi connectivity index (χ2v) is 6.26.